The van der Waals surface area contributed by atoms with Crippen molar-refractivity contribution in [3.8, 4) is 56.4 Å². The first-order chi connectivity index (χ1) is 23.3. The zero-order valence-corrected chi connectivity index (χ0v) is 26.2. The van der Waals surface area contributed by atoms with E-state index in [-0.39, 0.29) is 0 Å². The molecule has 220 valence electrons. The van der Waals surface area contributed by atoms with E-state index >= 15 is 0 Å². The molecule has 0 aliphatic carbocycles. The summed E-state index contributed by atoms with van der Waals surface area (Å²) in [6, 6.07) is 57.4. The van der Waals surface area contributed by atoms with E-state index in [9.17, 15) is 0 Å². The number of thiophene rings is 1. The lowest BCUT2D eigenvalue weighted by molar-refractivity contribution is 1.08. The van der Waals surface area contributed by atoms with Gasteiger partial charge in [0.05, 0.1) is 0 Å². The highest BCUT2D eigenvalue weighted by molar-refractivity contribution is 7.26. The van der Waals surface area contributed by atoms with Gasteiger partial charge in [-0.15, -0.1) is 11.3 Å². The predicted molar refractivity (Wildman–Crippen MR) is 197 cm³/mol. The molecular formula is C43H27N3S. The van der Waals surface area contributed by atoms with Crippen molar-refractivity contribution < 1.29 is 0 Å². The monoisotopic (exact) mass is 617 g/mol. The maximum atomic E-state index is 5.09. The highest BCUT2D eigenvalue weighted by atomic mass is 32.1. The lowest BCUT2D eigenvalue weighted by atomic mass is 9.95. The predicted octanol–water partition coefficient (Wildman–Crippen LogP) is 11.7. The number of hydrogen-bond acceptors (Lipinski definition) is 4. The molecule has 0 radical (unpaired) electrons. The minimum absolute atomic E-state index is 0.662. The van der Waals surface area contributed by atoms with Crippen molar-refractivity contribution in [2.45, 2.75) is 0 Å². The quantitative estimate of drug-likeness (QED) is 0.193. The van der Waals surface area contributed by atoms with Crippen LogP contribution in [0.1, 0.15) is 0 Å². The Bertz CT molecular complexity index is 2490. The lowest BCUT2D eigenvalue weighted by Gasteiger charge is -2.12. The molecule has 9 aromatic rings. The molecule has 0 atom stereocenters. The van der Waals surface area contributed by atoms with E-state index in [1.165, 1.54) is 53.2 Å². The van der Waals surface area contributed by atoms with Crippen LogP contribution in [0.4, 0.5) is 0 Å². The number of nitrogens with zero attached hydrogens (tertiary/aromatic N) is 3. The van der Waals surface area contributed by atoms with Gasteiger partial charge < -0.3 is 0 Å². The van der Waals surface area contributed by atoms with Crippen LogP contribution < -0.4 is 0 Å². The van der Waals surface area contributed by atoms with Gasteiger partial charge in [0.15, 0.2) is 17.5 Å². The molecule has 0 N–H and O–H groups in total. The fraction of sp³-hybridized carbons (Fsp3) is 0. The highest BCUT2D eigenvalue weighted by Crippen LogP contribution is 2.45. The standard InChI is InChI=1S/C43H27N3S/c1-3-13-31(14-4-1)41-44-42(32-15-5-2-6-16-32)46-43(45-41)37-27-26-35(40-39(37)36-19-9-10-21-38(36)47-40)30-24-22-29(23-25-30)34-20-11-17-28-12-7-8-18-33(28)34/h1-27H. The van der Waals surface area contributed by atoms with Gasteiger partial charge in [0.1, 0.15) is 0 Å². The summed E-state index contributed by atoms with van der Waals surface area (Å²) in [5, 5.41) is 4.90. The molecular weight excluding hydrogens is 591 g/mol. The first kappa shape index (κ1) is 27.3. The average molecular weight is 618 g/mol. The van der Waals surface area contributed by atoms with Crippen molar-refractivity contribution in [3.05, 3.63) is 164 Å². The van der Waals surface area contributed by atoms with Crippen molar-refractivity contribution in [2.75, 3.05) is 0 Å². The third-order valence-corrected chi connectivity index (χ3v) is 9.97. The minimum Gasteiger partial charge on any atom is -0.208 e. The van der Waals surface area contributed by atoms with Crippen molar-refractivity contribution in [3.63, 3.8) is 0 Å². The van der Waals surface area contributed by atoms with Crippen LogP contribution in [0.15, 0.2) is 164 Å². The Morgan fingerprint density at radius 2 is 0.872 bits per heavy atom. The molecule has 2 heterocycles. The summed E-state index contributed by atoms with van der Waals surface area (Å²) in [7, 11) is 0. The average Bonchev–Trinajstić information content (AvgIpc) is 3.55. The molecule has 0 saturated heterocycles. The summed E-state index contributed by atoms with van der Waals surface area (Å²) in [6.07, 6.45) is 0. The normalized spacial score (nSPS) is 11.4. The summed E-state index contributed by atoms with van der Waals surface area (Å²) in [4.78, 5) is 15.1. The zero-order chi connectivity index (χ0) is 31.2. The van der Waals surface area contributed by atoms with Crippen LogP contribution in [0.3, 0.4) is 0 Å². The smallest absolute Gasteiger partial charge is 0.164 e. The molecule has 0 amide bonds. The van der Waals surface area contributed by atoms with Crippen molar-refractivity contribution in [1.82, 2.24) is 15.0 Å². The van der Waals surface area contributed by atoms with Crippen LogP contribution in [0, 0.1) is 0 Å². The molecule has 0 aliphatic rings. The summed E-state index contributed by atoms with van der Waals surface area (Å²) in [6.45, 7) is 0. The van der Waals surface area contributed by atoms with E-state index in [0.29, 0.717) is 17.5 Å². The van der Waals surface area contributed by atoms with E-state index in [4.69, 9.17) is 15.0 Å². The maximum Gasteiger partial charge on any atom is 0.164 e. The van der Waals surface area contributed by atoms with E-state index in [1.807, 2.05) is 47.7 Å². The van der Waals surface area contributed by atoms with E-state index in [1.54, 1.807) is 0 Å². The van der Waals surface area contributed by atoms with Crippen LogP contribution in [-0.4, -0.2) is 15.0 Å². The second kappa shape index (κ2) is 11.4. The molecule has 9 rings (SSSR count). The molecule has 0 saturated carbocycles. The Hall–Kier alpha value is -5.97. The fourth-order valence-corrected chi connectivity index (χ4v) is 7.74. The Kier molecular flexibility index (Phi) is 6.65. The van der Waals surface area contributed by atoms with Gasteiger partial charge >= 0.3 is 0 Å². The molecule has 0 bridgehead atoms. The Morgan fingerprint density at radius 1 is 0.340 bits per heavy atom. The number of aromatic nitrogens is 3. The Balaban J connectivity index is 1.23. The van der Waals surface area contributed by atoms with Crippen LogP contribution in [0.25, 0.3) is 87.4 Å². The molecule has 2 aromatic heterocycles. The summed E-state index contributed by atoms with van der Waals surface area (Å²) < 4.78 is 2.47. The second-order valence-electron chi connectivity index (χ2n) is 11.6. The first-order valence-electron chi connectivity index (χ1n) is 15.7. The fourth-order valence-electron chi connectivity index (χ4n) is 6.48. The number of benzene rings is 7. The molecule has 0 unspecified atom stereocenters. The van der Waals surface area contributed by atoms with Crippen LogP contribution in [0.2, 0.25) is 0 Å². The van der Waals surface area contributed by atoms with Crippen molar-refractivity contribution >= 4 is 42.3 Å². The maximum absolute atomic E-state index is 5.09. The number of hydrogen-bond donors (Lipinski definition) is 0. The van der Waals surface area contributed by atoms with Gasteiger partial charge in [-0.1, -0.05) is 152 Å². The van der Waals surface area contributed by atoms with Gasteiger partial charge in [0, 0.05) is 36.9 Å². The van der Waals surface area contributed by atoms with Crippen molar-refractivity contribution in [2.24, 2.45) is 0 Å². The topological polar surface area (TPSA) is 38.7 Å². The van der Waals surface area contributed by atoms with Crippen molar-refractivity contribution in [1.29, 1.82) is 0 Å². The number of rotatable bonds is 5. The summed E-state index contributed by atoms with van der Waals surface area (Å²) in [5.41, 5.74) is 7.77. The van der Waals surface area contributed by atoms with Gasteiger partial charge in [-0.3, -0.25) is 0 Å². The minimum atomic E-state index is 0.662. The summed E-state index contributed by atoms with van der Waals surface area (Å²) in [5.74, 6) is 1.99. The number of fused-ring (bicyclic) bond motifs is 4. The lowest BCUT2D eigenvalue weighted by Crippen LogP contribution is -2.00. The highest BCUT2D eigenvalue weighted by Gasteiger charge is 2.19. The van der Waals surface area contributed by atoms with Crippen LogP contribution in [-0.2, 0) is 0 Å². The molecule has 0 spiro atoms. The molecule has 0 fully saturated rings. The van der Waals surface area contributed by atoms with Gasteiger partial charge in [-0.2, -0.15) is 0 Å². The largest absolute Gasteiger partial charge is 0.208 e. The SMILES string of the molecule is c1ccc(-c2nc(-c3ccccc3)nc(-c3ccc(-c4ccc(-c5cccc6ccccc56)cc4)c4sc5ccccc5c34)n2)cc1. The van der Waals surface area contributed by atoms with Gasteiger partial charge in [-0.05, 0) is 45.2 Å². The zero-order valence-electron chi connectivity index (χ0n) is 25.3. The molecule has 7 aromatic carbocycles. The molecule has 3 nitrogen and oxygen atoms in total. The van der Waals surface area contributed by atoms with E-state index < -0.39 is 0 Å². The van der Waals surface area contributed by atoms with Gasteiger partial charge in [-0.25, -0.2) is 15.0 Å². The van der Waals surface area contributed by atoms with Crippen LogP contribution in [0.5, 0.6) is 0 Å². The summed E-state index contributed by atoms with van der Waals surface area (Å²) >= 11 is 1.82. The van der Waals surface area contributed by atoms with Crippen LogP contribution >= 0.6 is 11.3 Å². The third kappa shape index (κ3) is 4.87. The van der Waals surface area contributed by atoms with E-state index in [2.05, 4.69) is 127 Å². The van der Waals surface area contributed by atoms with Gasteiger partial charge in [0.25, 0.3) is 0 Å². The molecule has 0 aliphatic heterocycles. The Labute approximate surface area is 276 Å². The Morgan fingerprint density at radius 3 is 1.57 bits per heavy atom. The third-order valence-electron chi connectivity index (χ3n) is 8.76. The van der Waals surface area contributed by atoms with E-state index in [0.717, 1.165) is 16.7 Å². The molecule has 4 heteroatoms. The van der Waals surface area contributed by atoms with Gasteiger partial charge in [0.2, 0.25) is 0 Å². The second-order valence-corrected chi connectivity index (χ2v) is 12.7. The molecule has 47 heavy (non-hydrogen) atoms. The first-order valence-corrected chi connectivity index (χ1v) is 16.5.